The molecule has 16 heavy (non-hydrogen) atoms. The van der Waals surface area contributed by atoms with Crippen LogP contribution in [0, 0.1) is 5.92 Å². The van der Waals surface area contributed by atoms with E-state index in [1.807, 2.05) is 13.8 Å². The van der Waals surface area contributed by atoms with Crippen molar-refractivity contribution in [1.29, 1.82) is 0 Å². The summed E-state index contributed by atoms with van der Waals surface area (Å²) in [5, 5.41) is 0. The SMILES string of the molecule is CC(C)CCC(=O)O[C@@H]1OC(C)(C)OC1=O. The summed E-state index contributed by atoms with van der Waals surface area (Å²) in [4.78, 5) is 22.6. The zero-order chi connectivity index (χ0) is 12.3. The molecule has 0 unspecified atom stereocenters. The summed E-state index contributed by atoms with van der Waals surface area (Å²) in [6.45, 7) is 7.20. The molecule has 1 fully saturated rings. The van der Waals surface area contributed by atoms with Gasteiger partial charge in [0, 0.05) is 20.3 Å². The van der Waals surface area contributed by atoms with Crippen LogP contribution in [-0.4, -0.2) is 24.0 Å². The highest BCUT2D eigenvalue weighted by Crippen LogP contribution is 2.24. The summed E-state index contributed by atoms with van der Waals surface area (Å²) >= 11 is 0. The van der Waals surface area contributed by atoms with Gasteiger partial charge in [0.15, 0.2) is 0 Å². The standard InChI is InChI=1S/C11H18O5/c1-7(2)5-6-8(12)14-10-9(13)15-11(3,4)16-10/h7,10H,5-6H2,1-4H3/t10-/m1/s1. The second kappa shape index (κ2) is 4.82. The van der Waals surface area contributed by atoms with Crippen molar-refractivity contribution in [2.75, 3.05) is 0 Å². The highest BCUT2D eigenvalue weighted by molar-refractivity contribution is 5.79. The summed E-state index contributed by atoms with van der Waals surface area (Å²) in [6.07, 6.45) is -0.204. The van der Waals surface area contributed by atoms with Gasteiger partial charge in [0.25, 0.3) is 0 Å². The van der Waals surface area contributed by atoms with Gasteiger partial charge in [0.1, 0.15) is 0 Å². The molecule has 0 aromatic rings. The molecule has 1 heterocycles. The Morgan fingerprint density at radius 1 is 1.50 bits per heavy atom. The average molecular weight is 230 g/mol. The second-order valence-corrected chi connectivity index (χ2v) is 4.69. The first-order chi connectivity index (χ1) is 7.30. The van der Waals surface area contributed by atoms with Gasteiger partial charge in [-0.3, -0.25) is 9.53 Å². The number of hydrogen-bond acceptors (Lipinski definition) is 5. The van der Waals surface area contributed by atoms with Crippen molar-refractivity contribution in [3.8, 4) is 0 Å². The van der Waals surface area contributed by atoms with E-state index in [2.05, 4.69) is 0 Å². The van der Waals surface area contributed by atoms with Crippen molar-refractivity contribution in [3.05, 3.63) is 0 Å². The molecule has 0 N–H and O–H groups in total. The topological polar surface area (TPSA) is 61.8 Å². The molecular formula is C11H18O5. The van der Waals surface area contributed by atoms with Crippen LogP contribution in [0.15, 0.2) is 0 Å². The van der Waals surface area contributed by atoms with Gasteiger partial charge in [0.05, 0.1) is 0 Å². The van der Waals surface area contributed by atoms with E-state index in [4.69, 9.17) is 14.2 Å². The third-order valence-electron chi connectivity index (χ3n) is 2.09. The highest BCUT2D eigenvalue weighted by Gasteiger charge is 2.43. The van der Waals surface area contributed by atoms with E-state index in [1.54, 1.807) is 13.8 Å². The van der Waals surface area contributed by atoms with Crippen LogP contribution in [-0.2, 0) is 23.8 Å². The van der Waals surface area contributed by atoms with E-state index in [0.29, 0.717) is 5.92 Å². The van der Waals surface area contributed by atoms with Gasteiger partial charge >= 0.3 is 18.2 Å². The minimum atomic E-state index is -1.21. The van der Waals surface area contributed by atoms with E-state index < -0.39 is 24.0 Å². The van der Waals surface area contributed by atoms with Crippen LogP contribution in [0.5, 0.6) is 0 Å². The molecule has 1 aliphatic heterocycles. The monoisotopic (exact) mass is 230 g/mol. The minimum absolute atomic E-state index is 0.283. The Bertz CT molecular complexity index is 282. The summed E-state index contributed by atoms with van der Waals surface area (Å²) in [5.41, 5.74) is 0. The smallest absolute Gasteiger partial charge is 0.379 e. The summed E-state index contributed by atoms with van der Waals surface area (Å²) < 4.78 is 14.8. The predicted octanol–water partition coefficient (Wildman–Crippen LogP) is 1.60. The van der Waals surface area contributed by atoms with Crippen molar-refractivity contribution >= 4 is 11.9 Å². The van der Waals surface area contributed by atoms with Crippen LogP contribution in [0.2, 0.25) is 0 Å². The van der Waals surface area contributed by atoms with Gasteiger partial charge in [-0.2, -0.15) is 0 Å². The molecule has 0 aromatic carbocycles. The highest BCUT2D eigenvalue weighted by atomic mass is 16.8. The van der Waals surface area contributed by atoms with Crippen molar-refractivity contribution in [2.45, 2.75) is 52.6 Å². The molecule has 1 rings (SSSR count). The molecule has 0 aliphatic carbocycles. The van der Waals surface area contributed by atoms with Crippen molar-refractivity contribution < 1.29 is 23.8 Å². The Kier molecular flexibility index (Phi) is 3.91. The summed E-state index contributed by atoms with van der Waals surface area (Å²) in [7, 11) is 0. The van der Waals surface area contributed by atoms with Gasteiger partial charge in [-0.05, 0) is 12.3 Å². The number of esters is 2. The molecule has 1 aliphatic rings. The lowest BCUT2D eigenvalue weighted by molar-refractivity contribution is -0.197. The molecule has 5 heteroatoms. The van der Waals surface area contributed by atoms with Crippen molar-refractivity contribution in [2.24, 2.45) is 5.92 Å². The van der Waals surface area contributed by atoms with Gasteiger partial charge in [-0.1, -0.05) is 13.8 Å². The van der Waals surface area contributed by atoms with Crippen molar-refractivity contribution in [3.63, 3.8) is 0 Å². The van der Waals surface area contributed by atoms with E-state index >= 15 is 0 Å². The molecule has 0 aromatic heterocycles. The Morgan fingerprint density at radius 3 is 2.56 bits per heavy atom. The molecule has 0 amide bonds. The molecule has 0 spiro atoms. The van der Waals surface area contributed by atoms with Gasteiger partial charge in [-0.15, -0.1) is 0 Å². The third kappa shape index (κ3) is 3.81. The number of carbonyl (C=O) groups excluding carboxylic acids is 2. The van der Waals surface area contributed by atoms with Crippen LogP contribution >= 0.6 is 0 Å². The molecule has 0 bridgehead atoms. The lowest BCUT2D eigenvalue weighted by atomic mass is 10.1. The first kappa shape index (κ1) is 13.0. The zero-order valence-corrected chi connectivity index (χ0v) is 10.1. The van der Waals surface area contributed by atoms with Gasteiger partial charge in [-0.25, -0.2) is 4.79 Å². The molecule has 92 valence electrons. The van der Waals surface area contributed by atoms with Crippen LogP contribution < -0.4 is 0 Å². The van der Waals surface area contributed by atoms with Crippen molar-refractivity contribution in [1.82, 2.24) is 0 Å². The zero-order valence-electron chi connectivity index (χ0n) is 10.1. The normalized spacial score (nSPS) is 23.3. The molecule has 1 atom stereocenters. The molecule has 0 radical (unpaired) electrons. The van der Waals surface area contributed by atoms with Gasteiger partial charge in [0.2, 0.25) is 5.79 Å². The summed E-state index contributed by atoms with van der Waals surface area (Å²) in [5.74, 6) is -1.68. The fourth-order valence-electron chi connectivity index (χ4n) is 1.28. The minimum Gasteiger partial charge on any atom is -0.429 e. The second-order valence-electron chi connectivity index (χ2n) is 4.69. The lowest BCUT2D eigenvalue weighted by Crippen LogP contribution is -2.26. The number of rotatable bonds is 4. The fourth-order valence-corrected chi connectivity index (χ4v) is 1.28. The van der Waals surface area contributed by atoms with Gasteiger partial charge < -0.3 is 9.47 Å². The molecular weight excluding hydrogens is 212 g/mol. The van der Waals surface area contributed by atoms with Crippen LogP contribution in [0.1, 0.15) is 40.5 Å². The third-order valence-corrected chi connectivity index (χ3v) is 2.09. The first-order valence-electron chi connectivity index (χ1n) is 5.40. The van der Waals surface area contributed by atoms with E-state index in [0.717, 1.165) is 6.42 Å². The van der Waals surface area contributed by atoms with Crippen LogP contribution in [0.4, 0.5) is 0 Å². The van der Waals surface area contributed by atoms with Crippen LogP contribution in [0.25, 0.3) is 0 Å². The Balaban J connectivity index is 2.38. The molecule has 5 nitrogen and oxygen atoms in total. The Labute approximate surface area is 95.0 Å². The number of carbonyl (C=O) groups is 2. The first-order valence-corrected chi connectivity index (χ1v) is 5.40. The number of hydrogen-bond donors (Lipinski definition) is 0. The molecule has 1 saturated heterocycles. The van der Waals surface area contributed by atoms with E-state index in [9.17, 15) is 9.59 Å². The maximum Gasteiger partial charge on any atom is 0.379 e. The average Bonchev–Trinajstić information content (AvgIpc) is 2.36. The fraction of sp³-hybridized carbons (Fsp3) is 0.818. The van der Waals surface area contributed by atoms with Crippen LogP contribution in [0.3, 0.4) is 0 Å². The Morgan fingerprint density at radius 2 is 2.12 bits per heavy atom. The lowest BCUT2D eigenvalue weighted by Gasteiger charge is -2.14. The number of ether oxygens (including phenoxy) is 3. The number of cyclic esters (lactones) is 1. The summed E-state index contributed by atoms with van der Waals surface area (Å²) in [6, 6.07) is 0. The van der Waals surface area contributed by atoms with E-state index in [-0.39, 0.29) is 6.42 Å². The largest absolute Gasteiger partial charge is 0.429 e. The maximum absolute atomic E-state index is 11.4. The quantitative estimate of drug-likeness (QED) is 0.686. The molecule has 0 saturated carbocycles. The maximum atomic E-state index is 11.4. The van der Waals surface area contributed by atoms with E-state index in [1.165, 1.54) is 0 Å². The predicted molar refractivity (Wildman–Crippen MR) is 55.2 cm³/mol. The Hall–Kier alpha value is -1.10.